The van der Waals surface area contributed by atoms with E-state index < -0.39 is 9.84 Å². The lowest BCUT2D eigenvalue weighted by atomic mass is 9.91. The van der Waals surface area contributed by atoms with E-state index in [2.05, 4.69) is 6.92 Å². The van der Waals surface area contributed by atoms with E-state index >= 15 is 0 Å². The molecular formula is C15H25NO3S. The van der Waals surface area contributed by atoms with E-state index in [-0.39, 0.29) is 24.2 Å². The lowest BCUT2D eigenvalue weighted by Crippen LogP contribution is -2.20. The van der Waals surface area contributed by atoms with Gasteiger partial charge in [0.15, 0.2) is 9.84 Å². The molecule has 1 aromatic rings. The summed E-state index contributed by atoms with van der Waals surface area (Å²) in [6, 6.07) is 7.07. The number of nitrogens with two attached hydrogens (primary N) is 1. The first kappa shape index (κ1) is 17.1. The highest BCUT2D eigenvalue weighted by Crippen LogP contribution is 2.24. The van der Waals surface area contributed by atoms with Crippen LogP contribution in [0.5, 0.6) is 0 Å². The number of sulfone groups is 1. The Hall–Kier alpha value is -0.910. The summed E-state index contributed by atoms with van der Waals surface area (Å²) >= 11 is 0. The quantitative estimate of drug-likeness (QED) is 0.768. The van der Waals surface area contributed by atoms with Gasteiger partial charge in [0.1, 0.15) is 0 Å². The van der Waals surface area contributed by atoms with Gasteiger partial charge in [0.2, 0.25) is 0 Å². The summed E-state index contributed by atoms with van der Waals surface area (Å²) in [5.74, 6) is 0.522. The molecule has 3 N–H and O–H groups in total. The lowest BCUT2D eigenvalue weighted by Gasteiger charge is -2.18. The largest absolute Gasteiger partial charge is 0.396 e. The Labute approximate surface area is 121 Å². The maximum Gasteiger partial charge on any atom is 0.178 e. The van der Waals surface area contributed by atoms with Crippen LogP contribution in [0.1, 0.15) is 38.2 Å². The van der Waals surface area contributed by atoms with E-state index in [1.54, 1.807) is 12.1 Å². The van der Waals surface area contributed by atoms with Crippen molar-refractivity contribution in [3.8, 4) is 0 Å². The zero-order valence-electron chi connectivity index (χ0n) is 12.2. The van der Waals surface area contributed by atoms with Crippen LogP contribution in [-0.2, 0) is 9.84 Å². The van der Waals surface area contributed by atoms with Crippen molar-refractivity contribution in [2.75, 3.05) is 18.9 Å². The smallest absolute Gasteiger partial charge is 0.178 e. The normalized spacial score (nSPS) is 15.0. The predicted octanol–water partition coefficient (Wildman–Crippen LogP) is 1.93. The Kier molecular flexibility index (Phi) is 6.65. The Morgan fingerprint density at radius 2 is 1.85 bits per heavy atom. The Balaban J connectivity index is 2.81. The Morgan fingerprint density at radius 1 is 1.25 bits per heavy atom. The maximum absolute atomic E-state index is 11.9. The summed E-state index contributed by atoms with van der Waals surface area (Å²) in [5, 5.41) is 9.17. The molecular weight excluding hydrogens is 274 g/mol. The van der Waals surface area contributed by atoms with Crippen molar-refractivity contribution in [3.63, 3.8) is 0 Å². The van der Waals surface area contributed by atoms with Crippen molar-refractivity contribution in [2.24, 2.45) is 11.7 Å². The predicted molar refractivity (Wildman–Crippen MR) is 81.4 cm³/mol. The molecule has 4 nitrogen and oxygen atoms in total. The fourth-order valence-corrected chi connectivity index (χ4v) is 3.60. The van der Waals surface area contributed by atoms with Gasteiger partial charge in [-0.15, -0.1) is 0 Å². The molecule has 0 saturated carbocycles. The van der Waals surface area contributed by atoms with Crippen LogP contribution in [0.25, 0.3) is 0 Å². The van der Waals surface area contributed by atoms with Crippen molar-refractivity contribution < 1.29 is 13.5 Å². The standard InChI is InChI=1S/C15H25NO3S/c1-3-8-20(18,19)15-6-4-14(5-7-15)12(2)9-13(10-16)11-17/h4-7,12-13,17H,3,8-11,16H2,1-2H3. The van der Waals surface area contributed by atoms with Crippen LogP contribution in [0.15, 0.2) is 29.2 Å². The van der Waals surface area contributed by atoms with E-state index in [0.717, 1.165) is 12.0 Å². The highest BCUT2D eigenvalue weighted by atomic mass is 32.2. The Bertz CT molecular complexity index is 492. The van der Waals surface area contributed by atoms with Crippen LogP contribution in [0.2, 0.25) is 0 Å². The van der Waals surface area contributed by atoms with Gasteiger partial charge in [-0.25, -0.2) is 8.42 Å². The maximum atomic E-state index is 11.9. The molecule has 1 rings (SSSR count). The third-order valence-corrected chi connectivity index (χ3v) is 5.50. The molecule has 0 fully saturated rings. The van der Waals surface area contributed by atoms with Crippen LogP contribution in [-0.4, -0.2) is 32.4 Å². The molecule has 0 heterocycles. The zero-order chi connectivity index (χ0) is 15.2. The van der Waals surface area contributed by atoms with Crippen LogP contribution >= 0.6 is 0 Å². The minimum atomic E-state index is -3.15. The average molecular weight is 299 g/mol. The minimum absolute atomic E-state index is 0.0871. The summed E-state index contributed by atoms with van der Waals surface area (Å²) < 4.78 is 23.9. The highest BCUT2D eigenvalue weighted by Gasteiger charge is 2.15. The van der Waals surface area contributed by atoms with E-state index in [4.69, 9.17) is 5.73 Å². The van der Waals surface area contributed by atoms with Crippen molar-refractivity contribution in [1.29, 1.82) is 0 Å². The molecule has 114 valence electrons. The van der Waals surface area contributed by atoms with E-state index in [0.29, 0.717) is 17.9 Å². The molecule has 0 aliphatic carbocycles. The molecule has 2 atom stereocenters. The van der Waals surface area contributed by atoms with Gasteiger partial charge < -0.3 is 10.8 Å². The average Bonchev–Trinajstić information content (AvgIpc) is 2.44. The molecule has 0 aliphatic rings. The molecule has 1 aromatic carbocycles. The van der Waals surface area contributed by atoms with Gasteiger partial charge in [-0.05, 0) is 48.9 Å². The lowest BCUT2D eigenvalue weighted by molar-refractivity contribution is 0.217. The van der Waals surface area contributed by atoms with Crippen LogP contribution in [0, 0.1) is 5.92 Å². The second kappa shape index (κ2) is 7.76. The van der Waals surface area contributed by atoms with Crippen LogP contribution in [0.4, 0.5) is 0 Å². The SMILES string of the molecule is CCCS(=O)(=O)c1ccc(C(C)CC(CN)CO)cc1. The topological polar surface area (TPSA) is 80.4 Å². The van der Waals surface area contributed by atoms with Gasteiger partial charge in [0, 0.05) is 6.61 Å². The number of hydrogen-bond donors (Lipinski definition) is 2. The van der Waals surface area contributed by atoms with E-state index in [1.807, 2.05) is 19.1 Å². The number of aliphatic hydroxyl groups is 1. The third-order valence-electron chi connectivity index (χ3n) is 3.56. The molecule has 0 aliphatic heterocycles. The van der Waals surface area contributed by atoms with Crippen LogP contribution < -0.4 is 5.73 Å². The number of benzene rings is 1. The molecule has 2 unspecified atom stereocenters. The number of hydrogen-bond acceptors (Lipinski definition) is 4. The third kappa shape index (κ3) is 4.58. The monoisotopic (exact) mass is 299 g/mol. The van der Waals surface area contributed by atoms with Crippen molar-refractivity contribution in [1.82, 2.24) is 0 Å². The van der Waals surface area contributed by atoms with Crippen molar-refractivity contribution in [2.45, 2.75) is 37.5 Å². The number of rotatable bonds is 8. The highest BCUT2D eigenvalue weighted by molar-refractivity contribution is 7.91. The van der Waals surface area contributed by atoms with Crippen LogP contribution in [0.3, 0.4) is 0 Å². The van der Waals surface area contributed by atoms with Gasteiger partial charge in [-0.2, -0.15) is 0 Å². The van der Waals surface area contributed by atoms with Crippen molar-refractivity contribution >= 4 is 9.84 Å². The molecule has 0 saturated heterocycles. The second-order valence-electron chi connectivity index (χ2n) is 5.31. The van der Waals surface area contributed by atoms with Gasteiger partial charge in [-0.1, -0.05) is 26.0 Å². The second-order valence-corrected chi connectivity index (χ2v) is 7.42. The van der Waals surface area contributed by atoms with Crippen molar-refractivity contribution in [3.05, 3.63) is 29.8 Å². The fourth-order valence-electron chi connectivity index (χ4n) is 2.27. The summed E-state index contributed by atoms with van der Waals surface area (Å²) in [4.78, 5) is 0.382. The van der Waals surface area contributed by atoms with E-state index in [1.165, 1.54) is 0 Å². The Morgan fingerprint density at radius 3 is 2.30 bits per heavy atom. The molecule has 5 heteroatoms. The molecule has 0 amide bonds. The zero-order valence-corrected chi connectivity index (χ0v) is 13.1. The fraction of sp³-hybridized carbons (Fsp3) is 0.600. The number of aliphatic hydroxyl groups excluding tert-OH is 1. The van der Waals surface area contributed by atoms with Gasteiger partial charge in [0.05, 0.1) is 10.6 Å². The molecule has 20 heavy (non-hydrogen) atoms. The first-order valence-corrected chi connectivity index (χ1v) is 8.73. The summed E-state index contributed by atoms with van der Waals surface area (Å²) in [6.45, 7) is 4.47. The molecule has 0 spiro atoms. The van der Waals surface area contributed by atoms with E-state index in [9.17, 15) is 13.5 Å². The summed E-state index contributed by atoms with van der Waals surface area (Å²) in [5.41, 5.74) is 6.66. The molecule has 0 aromatic heterocycles. The summed E-state index contributed by atoms with van der Waals surface area (Å²) in [7, 11) is -3.15. The molecule has 0 radical (unpaired) electrons. The summed E-state index contributed by atoms with van der Waals surface area (Å²) in [6.07, 6.45) is 1.42. The minimum Gasteiger partial charge on any atom is -0.396 e. The van der Waals surface area contributed by atoms with Gasteiger partial charge in [0.25, 0.3) is 0 Å². The van der Waals surface area contributed by atoms with Gasteiger partial charge >= 0.3 is 0 Å². The first-order chi connectivity index (χ1) is 9.44. The first-order valence-electron chi connectivity index (χ1n) is 7.08. The van der Waals surface area contributed by atoms with Gasteiger partial charge in [-0.3, -0.25) is 0 Å². The molecule has 0 bridgehead atoms.